The van der Waals surface area contributed by atoms with Crippen molar-refractivity contribution in [3.05, 3.63) is 29.3 Å². The lowest BCUT2D eigenvalue weighted by molar-refractivity contribution is -0.153. The predicted octanol–water partition coefficient (Wildman–Crippen LogP) is 0.898. The molecule has 2 rings (SSSR count). The summed E-state index contributed by atoms with van der Waals surface area (Å²) in [6.45, 7) is 6.28. The molecule has 0 aromatic heterocycles. The van der Waals surface area contributed by atoms with Gasteiger partial charge in [-0.1, -0.05) is 17.7 Å². The van der Waals surface area contributed by atoms with Gasteiger partial charge in [0.2, 0.25) is 5.91 Å². The first kappa shape index (κ1) is 15.3. The topological polar surface area (TPSA) is 79.5 Å². The van der Waals surface area contributed by atoms with Gasteiger partial charge in [0, 0.05) is 12.2 Å². The third kappa shape index (κ3) is 3.72. The molecule has 114 valence electrons. The third-order valence-electron chi connectivity index (χ3n) is 3.38. The van der Waals surface area contributed by atoms with Crippen molar-refractivity contribution in [2.45, 2.75) is 27.1 Å². The van der Waals surface area contributed by atoms with E-state index < -0.39 is 18.2 Å². The normalized spacial score (nSPS) is 21.6. The number of hydrogen-bond acceptors (Lipinski definition) is 5. The van der Waals surface area contributed by atoms with Crippen LogP contribution in [-0.4, -0.2) is 31.3 Å². The summed E-state index contributed by atoms with van der Waals surface area (Å²) in [5.41, 5.74) is 3.22. The van der Waals surface area contributed by atoms with Crippen molar-refractivity contribution in [1.82, 2.24) is 10.6 Å². The van der Waals surface area contributed by atoms with Gasteiger partial charge in [-0.3, -0.25) is 14.9 Å². The van der Waals surface area contributed by atoms with Gasteiger partial charge in [-0.25, -0.2) is 0 Å². The summed E-state index contributed by atoms with van der Waals surface area (Å²) >= 11 is 0. The monoisotopic (exact) mass is 291 g/mol. The maximum Gasteiger partial charge on any atom is 0.319 e. The lowest BCUT2D eigenvalue weighted by atomic mass is 10.1. The van der Waals surface area contributed by atoms with Crippen LogP contribution in [0.15, 0.2) is 18.2 Å². The van der Waals surface area contributed by atoms with E-state index in [-0.39, 0.29) is 19.1 Å². The van der Waals surface area contributed by atoms with Crippen LogP contribution in [-0.2, 0) is 14.3 Å². The van der Waals surface area contributed by atoms with E-state index in [9.17, 15) is 9.59 Å². The number of hydrogen-bond donors (Lipinski definition) is 3. The SMILES string of the molecule is CCOC(=O)C1CNC(Nc2ccc(C)cc2C)NC1=O. The van der Waals surface area contributed by atoms with E-state index in [1.165, 1.54) is 5.56 Å². The zero-order valence-corrected chi connectivity index (χ0v) is 12.5. The molecule has 21 heavy (non-hydrogen) atoms. The summed E-state index contributed by atoms with van der Waals surface area (Å²) < 4.78 is 4.88. The highest BCUT2D eigenvalue weighted by atomic mass is 16.5. The minimum Gasteiger partial charge on any atom is -0.465 e. The van der Waals surface area contributed by atoms with Crippen molar-refractivity contribution in [3.8, 4) is 0 Å². The molecule has 1 aromatic rings. The van der Waals surface area contributed by atoms with Crippen LogP contribution in [0.25, 0.3) is 0 Å². The van der Waals surface area contributed by atoms with Gasteiger partial charge in [0.25, 0.3) is 0 Å². The number of rotatable bonds is 4. The van der Waals surface area contributed by atoms with E-state index in [0.29, 0.717) is 0 Å². The van der Waals surface area contributed by atoms with Crippen LogP contribution in [0, 0.1) is 19.8 Å². The molecule has 3 N–H and O–H groups in total. The van der Waals surface area contributed by atoms with E-state index in [2.05, 4.69) is 22.0 Å². The highest BCUT2D eigenvalue weighted by Crippen LogP contribution is 2.17. The van der Waals surface area contributed by atoms with Crippen LogP contribution in [0.1, 0.15) is 18.1 Å². The Kier molecular flexibility index (Phi) is 4.80. The molecule has 1 aromatic carbocycles. The Morgan fingerprint density at radius 1 is 1.43 bits per heavy atom. The lowest BCUT2D eigenvalue weighted by Crippen LogP contribution is -2.61. The molecular formula is C15H21N3O3. The maximum atomic E-state index is 12.0. The van der Waals surface area contributed by atoms with Crippen LogP contribution in [0.4, 0.5) is 5.69 Å². The fourth-order valence-electron chi connectivity index (χ4n) is 2.27. The minimum atomic E-state index is -0.790. The van der Waals surface area contributed by atoms with Crippen LogP contribution < -0.4 is 16.0 Å². The average molecular weight is 291 g/mol. The molecule has 1 heterocycles. The molecule has 0 aliphatic carbocycles. The van der Waals surface area contributed by atoms with Crippen LogP contribution in [0.5, 0.6) is 0 Å². The summed E-state index contributed by atoms with van der Waals surface area (Å²) in [4.78, 5) is 23.6. The molecule has 1 saturated heterocycles. The van der Waals surface area contributed by atoms with Gasteiger partial charge in [-0.05, 0) is 32.4 Å². The molecule has 1 aliphatic heterocycles. The fourth-order valence-corrected chi connectivity index (χ4v) is 2.27. The Morgan fingerprint density at radius 2 is 2.19 bits per heavy atom. The van der Waals surface area contributed by atoms with E-state index in [0.717, 1.165) is 11.3 Å². The highest BCUT2D eigenvalue weighted by molar-refractivity contribution is 5.98. The summed E-state index contributed by atoms with van der Waals surface area (Å²) in [5.74, 6) is -1.61. The van der Waals surface area contributed by atoms with Crippen LogP contribution in [0.3, 0.4) is 0 Å². The van der Waals surface area contributed by atoms with Gasteiger partial charge in [0.05, 0.1) is 6.61 Å². The second-order valence-corrected chi connectivity index (χ2v) is 5.12. The molecule has 1 fully saturated rings. The Bertz CT molecular complexity index is 545. The van der Waals surface area contributed by atoms with Crippen LogP contribution in [0.2, 0.25) is 0 Å². The van der Waals surface area contributed by atoms with Gasteiger partial charge < -0.3 is 15.4 Å². The Labute approximate surface area is 124 Å². The zero-order chi connectivity index (χ0) is 15.4. The summed E-state index contributed by atoms with van der Waals surface area (Å²) in [5, 5.41) is 9.02. The first-order valence-corrected chi connectivity index (χ1v) is 7.05. The predicted molar refractivity (Wildman–Crippen MR) is 79.6 cm³/mol. The zero-order valence-electron chi connectivity index (χ0n) is 12.5. The Hall–Kier alpha value is -2.08. The minimum absolute atomic E-state index is 0.257. The first-order chi connectivity index (χ1) is 10.0. The van der Waals surface area contributed by atoms with Crippen molar-refractivity contribution >= 4 is 17.6 Å². The van der Waals surface area contributed by atoms with Gasteiger partial charge in [-0.15, -0.1) is 0 Å². The second kappa shape index (κ2) is 6.58. The summed E-state index contributed by atoms with van der Waals surface area (Å²) in [6, 6.07) is 6.03. The Balaban J connectivity index is 1.96. The van der Waals surface area contributed by atoms with Crippen molar-refractivity contribution in [2.24, 2.45) is 5.92 Å². The largest absolute Gasteiger partial charge is 0.465 e. The van der Waals surface area contributed by atoms with Gasteiger partial charge in [0.1, 0.15) is 5.92 Å². The molecule has 0 spiro atoms. The number of amides is 1. The van der Waals surface area contributed by atoms with Crippen molar-refractivity contribution in [2.75, 3.05) is 18.5 Å². The van der Waals surface area contributed by atoms with E-state index in [1.807, 2.05) is 26.0 Å². The number of aryl methyl sites for hydroxylation is 2. The average Bonchev–Trinajstić information content (AvgIpc) is 2.42. The number of carbonyl (C=O) groups is 2. The molecule has 6 nitrogen and oxygen atoms in total. The number of carbonyl (C=O) groups excluding carboxylic acids is 2. The van der Waals surface area contributed by atoms with E-state index in [4.69, 9.17) is 4.74 Å². The molecular weight excluding hydrogens is 270 g/mol. The van der Waals surface area contributed by atoms with Gasteiger partial charge in [0.15, 0.2) is 6.29 Å². The van der Waals surface area contributed by atoms with Gasteiger partial charge in [-0.2, -0.15) is 0 Å². The standard InChI is InChI=1S/C15H21N3O3/c1-4-21-14(20)11-8-16-15(18-13(11)19)17-12-6-5-9(2)7-10(12)3/h5-7,11,15-17H,4,8H2,1-3H3,(H,18,19). The molecule has 2 atom stereocenters. The molecule has 1 aliphatic rings. The number of anilines is 1. The molecule has 2 unspecified atom stereocenters. The van der Waals surface area contributed by atoms with E-state index in [1.54, 1.807) is 6.92 Å². The van der Waals surface area contributed by atoms with Crippen molar-refractivity contribution in [1.29, 1.82) is 0 Å². The van der Waals surface area contributed by atoms with E-state index >= 15 is 0 Å². The molecule has 0 saturated carbocycles. The molecule has 0 bridgehead atoms. The lowest BCUT2D eigenvalue weighted by Gasteiger charge is -2.30. The van der Waals surface area contributed by atoms with Crippen LogP contribution >= 0.6 is 0 Å². The summed E-state index contributed by atoms with van der Waals surface area (Å²) in [6.07, 6.45) is -0.399. The highest BCUT2D eigenvalue weighted by Gasteiger charge is 2.34. The maximum absolute atomic E-state index is 12.0. The Morgan fingerprint density at radius 3 is 2.81 bits per heavy atom. The number of benzene rings is 1. The third-order valence-corrected chi connectivity index (χ3v) is 3.38. The number of ether oxygens (including phenoxy) is 1. The quantitative estimate of drug-likeness (QED) is 0.567. The number of esters is 1. The molecule has 1 amide bonds. The molecule has 0 radical (unpaired) electrons. The summed E-state index contributed by atoms with van der Waals surface area (Å²) in [7, 11) is 0. The van der Waals surface area contributed by atoms with Gasteiger partial charge >= 0.3 is 5.97 Å². The molecule has 6 heteroatoms. The van der Waals surface area contributed by atoms with Crippen molar-refractivity contribution in [3.63, 3.8) is 0 Å². The number of nitrogens with one attached hydrogen (secondary N) is 3. The first-order valence-electron chi connectivity index (χ1n) is 7.05. The second-order valence-electron chi connectivity index (χ2n) is 5.12. The smallest absolute Gasteiger partial charge is 0.319 e. The van der Waals surface area contributed by atoms with Crippen molar-refractivity contribution < 1.29 is 14.3 Å². The fraction of sp³-hybridized carbons (Fsp3) is 0.467.